The van der Waals surface area contributed by atoms with E-state index >= 15 is 0 Å². The third-order valence-corrected chi connectivity index (χ3v) is 2.81. The molecule has 0 radical (unpaired) electrons. The topological polar surface area (TPSA) is 61.2 Å². The minimum Gasteiger partial charge on any atom is -0.464 e. The number of aryl methyl sites for hydroxylation is 1. The highest BCUT2D eigenvalue weighted by Gasteiger charge is 2.14. The molecule has 0 saturated carbocycles. The highest BCUT2D eigenvalue weighted by molar-refractivity contribution is 5.86. The molecule has 2 aromatic rings. The molecule has 98 valence electrons. The van der Waals surface area contributed by atoms with Gasteiger partial charge in [-0.05, 0) is 18.1 Å². The predicted molar refractivity (Wildman–Crippen MR) is 70.6 cm³/mol. The third kappa shape index (κ3) is 2.54. The van der Waals surface area contributed by atoms with E-state index in [0.717, 1.165) is 17.7 Å². The number of methoxy groups -OCH3 is 1. The summed E-state index contributed by atoms with van der Waals surface area (Å²) < 4.78 is 6.07. The number of hydrogen-bond donors (Lipinski definition) is 0. The van der Waals surface area contributed by atoms with Crippen LogP contribution in [0.3, 0.4) is 0 Å². The summed E-state index contributed by atoms with van der Waals surface area (Å²) in [4.78, 5) is 23.1. The first-order chi connectivity index (χ1) is 9.17. The van der Waals surface area contributed by atoms with Gasteiger partial charge in [0.15, 0.2) is 0 Å². The molecule has 0 spiro atoms. The molecule has 0 N–H and O–H groups in total. The van der Waals surface area contributed by atoms with E-state index in [1.165, 1.54) is 17.9 Å². The average molecular weight is 258 g/mol. The lowest BCUT2D eigenvalue weighted by molar-refractivity contribution is 0.0590. The summed E-state index contributed by atoms with van der Waals surface area (Å²) in [7, 11) is 1.22. The molecule has 0 saturated heterocycles. The predicted octanol–water partition coefficient (Wildman–Crippen LogP) is 1.58. The van der Waals surface area contributed by atoms with Crippen molar-refractivity contribution in [1.82, 2.24) is 9.78 Å². The van der Waals surface area contributed by atoms with Crippen molar-refractivity contribution < 1.29 is 9.53 Å². The van der Waals surface area contributed by atoms with Gasteiger partial charge in [-0.3, -0.25) is 4.79 Å². The Kier molecular flexibility index (Phi) is 3.75. The molecule has 0 atom stereocenters. The Balaban J connectivity index is 2.58. The minimum absolute atomic E-state index is 0.212. The summed E-state index contributed by atoms with van der Waals surface area (Å²) in [6.07, 6.45) is 2.38. The number of carbonyl (C=O) groups excluding carboxylic acids is 1. The second-order valence-corrected chi connectivity index (χ2v) is 3.95. The van der Waals surface area contributed by atoms with Crippen LogP contribution in [0.4, 0.5) is 0 Å². The molecule has 0 unspecified atom stereocenters. The lowest BCUT2D eigenvalue weighted by Gasteiger charge is -2.10. The van der Waals surface area contributed by atoms with Gasteiger partial charge in [-0.1, -0.05) is 25.1 Å². The molecule has 1 heterocycles. The average Bonchev–Trinajstić information content (AvgIpc) is 2.47. The maximum absolute atomic E-state index is 11.6. The summed E-state index contributed by atoms with van der Waals surface area (Å²) in [5.74, 6) is -0.728. The smallest absolute Gasteiger partial charge is 0.362 e. The van der Waals surface area contributed by atoms with Crippen molar-refractivity contribution in [1.29, 1.82) is 0 Å². The van der Waals surface area contributed by atoms with Crippen molar-refractivity contribution in [2.75, 3.05) is 7.11 Å². The van der Waals surface area contributed by atoms with E-state index in [1.54, 1.807) is 6.20 Å². The van der Waals surface area contributed by atoms with Crippen LogP contribution >= 0.6 is 0 Å². The summed E-state index contributed by atoms with van der Waals surface area (Å²) >= 11 is 0. The molecule has 19 heavy (non-hydrogen) atoms. The second kappa shape index (κ2) is 5.48. The van der Waals surface area contributed by atoms with Gasteiger partial charge in [0.2, 0.25) is 11.1 Å². The Morgan fingerprint density at radius 1 is 1.32 bits per heavy atom. The number of ether oxygens (including phenoxy) is 1. The van der Waals surface area contributed by atoms with Gasteiger partial charge in [0.05, 0.1) is 12.8 Å². The van der Waals surface area contributed by atoms with Gasteiger partial charge in [-0.15, -0.1) is 0 Å². The number of esters is 1. The number of hydrogen-bond acceptors (Lipinski definition) is 4. The van der Waals surface area contributed by atoms with E-state index in [-0.39, 0.29) is 5.69 Å². The number of benzene rings is 1. The number of para-hydroxylation sites is 1. The molecule has 0 aliphatic rings. The first kappa shape index (κ1) is 13.0. The van der Waals surface area contributed by atoms with Crippen molar-refractivity contribution in [2.45, 2.75) is 13.3 Å². The molecule has 0 aliphatic carbocycles. The van der Waals surface area contributed by atoms with Gasteiger partial charge in [0, 0.05) is 12.3 Å². The fourth-order valence-corrected chi connectivity index (χ4v) is 1.81. The maximum atomic E-state index is 11.6. The van der Waals surface area contributed by atoms with Crippen LogP contribution in [0.5, 0.6) is 0 Å². The summed E-state index contributed by atoms with van der Waals surface area (Å²) in [6, 6.07) is 8.99. The first-order valence-corrected chi connectivity index (χ1v) is 5.94. The molecule has 0 fully saturated rings. The van der Waals surface area contributed by atoms with Gasteiger partial charge < -0.3 is 4.74 Å². The summed E-state index contributed by atoms with van der Waals surface area (Å²) in [5, 5.41) is 4.05. The fourth-order valence-electron chi connectivity index (χ4n) is 1.81. The Morgan fingerprint density at radius 2 is 2.05 bits per heavy atom. The molecule has 2 rings (SSSR count). The lowest BCUT2D eigenvalue weighted by Crippen LogP contribution is -2.21. The van der Waals surface area contributed by atoms with Crippen LogP contribution in [0.25, 0.3) is 5.69 Å². The Morgan fingerprint density at radius 3 is 2.74 bits per heavy atom. The maximum Gasteiger partial charge on any atom is 0.362 e. The standard InChI is InChI=1S/C14H14N2O3/c1-3-10-6-4-5-7-11(10)16-9-8-12(17)13(15-16)14(18)19-2/h4-9H,3H2,1-2H3. The fraction of sp³-hybridized carbons (Fsp3) is 0.214. The van der Waals surface area contributed by atoms with Gasteiger partial charge in [-0.25, -0.2) is 9.48 Å². The van der Waals surface area contributed by atoms with Gasteiger partial charge in [-0.2, -0.15) is 5.10 Å². The SMILES string of the molecule is CCc1ccccc1-n1ccc(=O)c(C(=O)OC)n1. The van der Waals surface area contributed by atoms with Crippen molar-refractivity contribution in [3.63, 3.8) is 0 Å². The van der Waals surface area contributed by atoms with Crippen molar-refractivity contribution in [3.8, 4) is 5.69 Å². The molecule has 1 aromatic heterocycles. The zero-order valence-electron chi connectivity index (χ0n) is 10.8. The van der Waals surface area contributed by atoms with Crippen LogP contribution in [0.15, 0.2) is 41.3 Å². The highest BCUT2D eigenvalue weighted by atomic mass is 16.5. The third-order valence-electron chi connectivity index (χ3n) is 2.81. The Hall–Kier alpha value is -2.43. The highest BCUT2D eigenvalue weighted by Crippen LogP contribution is 2.13. The largest absolute Gasteiger partial charge is 0.464 e. The normalized spacial score (nSPS) is 10.2. The summed E-state index contributed by atoms with van der Waals surface area (Å²) in [5.41, 5.74) is 1.26. The molecular weight excluding hydrogens is 244 g/mol. The monoisotopic (exact) mass is 258 g/mol. The molecular formula is C14H14N2O3. The first-order valence-electron chi connectivity index (χ1n) is 5.94. The minimum atomic E-state index is -0.728. The lowest BCUT2D eigenvalue weighted by atomic mass is 10.1. The van der Waals surface area contributed by atoms with E-state index in [4.69, 9.17) is 0 Å². The van der Waals surface area contributed by atoms with Crippen LogP contribution in [0.2, 0.25) is 0 Å². The number of nitrogens with zero attached hydrogens (tertiary/aromatic N) is 2. The van der Waals surface area contributed by atoms with Crippen LogP contribution in [0.1, 0.15) is 23.0 Å². The molecule has 0 aliphatic heterocycles. The van der Waals surface area contributed by atoms with Crippen molar-refractivity contribution in [3.05, 3.63) is 58.0 Å². The molecule has 0 amide bonds. The van der Waals surface area contributed by atoms with Crippen LogP contribution in [-0.2, 0) is 11.2 Å². The number of carbonyl (C=O) groups is 1. The molecule has 1 aromatic carbocycles. The van der Waals surface area contributed by atoms with E-state index in [1.807, 2.05) is 31.2 Å². The van der Waals surface area contributed by atoms with E-state index in [0.29, 0.717) is 0 Å². The zero-order valence-corrected chi connectivity index (χ0v) is 10.8. The van der Waals surface area contributed by atoms with E-state index in [9.17, 15) is 9.59 Å². The van der Waals surface area contributed by atoms with E-state index in [2.05, 4.69) is 9.84 Å². The molecule has 5 heteroatoms. The van der Waals surface area contributed by atoms with Gasteiger partial charge in [0.1, 0.15) is 0 Å². The van der Waals surface area contributed by atoms with Gasteiger partial charge >= 0.3 is 5.97 Å². The molecule has 5 nitrogen and oxygen atoms in total. The van der Waals surface area contributed by atoms with Crippen LogP contribution in [0, 0.1) is 0 Å². The number of rotatable bonds is 3. The van der Waals surface area contributed by atoms with Gasteiger partial charge in [0.25, 0.3) is 0 Å². The van der Waals surface area contributed by atoms with E-state index < -0.39 is 11.4 Å². The summed E-state index contributed by atoms with van der Waals surface area (Å²) in [6.45, 7) is 2.03. The van der Waals surface area contributed by atoms with Crippen LogP contribution < -0.4 is 5.43 Å². The number of aromatic nitrogens is 2. The Labute approximate surface area is 110 Å². The Bertz CT molecular complexity index is 662. The van der Waals surface area contributed by atoms with Crippen molar-refractivity contribution in [2.24, 2.45) is 0 Å². The van der Waals surface area contributed by atoms with Crippen molar-refractivity contribution >= 4 is 5.97 Å². The zero-order chi connectivity index (χ0) is 13.8. The molecule has 0 bridgehead atoms. The van der Waals surface area contributed by atoms with Crippen LogP contribution in [-0.4, -0.2) is 22.9 Å². The second-order valence-electron chi connectivity index (χ2n) is 3.95. The quantitative estimate of drug-likeness (QED) is 0.784.